The zero-order valence-electron chi connectivity index (χ0n) is 10.9. The lowest BCUT2D eigenvalue weighted by Crippen LogP contribution is -2.17. The molecule has 1 aliphatic rings. The van der Waals surface area contributed by atoms with Crippen LogP contribution in [0.1, 0.15) is 31.6 Å². The summed E-state index contributed by atoms with van der Waals surface area (Å²) in [5, 5.41) is 13.1. The average Bonchev–Trinajstić information content (AvgIpc) is 3.06. The lowest BCUT2D eigenvalue weighted by molar-refractivity contribution is -0.142. The molecule has 0 aliphatic heterocycles. The number of hydrogen-bond acceptors (Lipinski definition) is 6. The predicted molar refractivity (Wildman–Crippen MR) is 67.6 cm³/mol. The van der Waals surface area contributed by atoms with E-state index >= 15 is 0 Å². The van der Waals surface area contributed by atoms with Crippen molar-refractivity contribution in [1.82, 2.24) is 20.1 Å². The van der Waals surface area contributed by atoms with Crippen LogP contribution in [0, 0.1) is 11.8 Å². The molecule has 20 heavy (non-hydrogen) atoms. The van der Waals surface area contributed by atoms with E-state index in [1.807, 2.05) is 6.92 Å². The van der Waals surface area contributed by atoms with Gasteiger partial charge < -0.3 is 9.63 Å². The fourth-order valence-electron chi connectivity index (χ4n) is 2.74. The maximum absolute atomic E-state index is 11.3. The van der Waals surface area contributed by atoms with Crippen LogP contribution in [0.3, 0.4) is 0 Å². The first kappa shape index (κ1) is 12.7. The molecule has 3 unspecified atom stereocenters. The molecule has 7 nitrogen and oxygen atoms in total. The first-order valence-electron chi connectivity index (χ1n) is 6.48. The van der Waals surface area contributed by atoms with Gasteiger partial charge in [-0.05, 0) is 18.8 Å². The Morgan fingerprint density at radius 3 is 2.95 bits per heavy atom. The van der Waals surface area contributed by atoms with Crippen molar-refractivity contribution in [1.29, 1.82) is 0 Å². The minimum atomic E-state index is -0.807. The van der Waals surface area contributed by atoms with Gasteiger partial charge in [0.05, 0.1) is 18.0 Å². The lowest BCUT2D eigenvalue weighted by Gasteiger charge is -2.09. The van der Waals surface area contributed by atoms with Crippen LogP contribution in [-0.2, 0) is 4.79 Å². The molecule has 2 aromatic rings. The van der Waals surface area contributed by atoms with Crippen LogP contribution < -0.4 is 0 Å². The van der Waals surface area contributed by atoms with E-state index in [1.165, 1.54) is 0 Å². The third-order valence-corrected chi connectivity index (χ3v) is 3.67. The molecule has 0 aromatic carbocycles. The number of aromatic nitrogens is 4. The van der Waals surface area contributed by atoms with Crippen molar-refractivity contribution in [2.45, 2.75) is 25.7 Å². The summed E-state index contributed by atoms with van der Waals surface area (Å²) in [6.07, 6.45) is 6.04. The molecule has 2 heterocycles. The second-order valence-corrected chi connectivity index (χ2v) is 5.17. The number of aliphatic carboxylic acids is 1. The van der Waals surface area contributed by atoms with Crippen molar-refractivity contribution in [2.75, 3.05) is 0 Å². The van der Waals surface area contributed by atoms with Gasteiger partial charge in [0.15, 0.2) is 0 Å². The van der Waals surface area contributed by atoms with Crippen molar-refractivity contribution >= 4 is 5.97 Å². The van der Waals surface area contributed by atoms with Gasteiger partial charge in [-0.15, -0.1) is 0 Å². The van der Waals surface area contributed by atoms with Crippen LogP contribution in [-0.4, -0.2) is 31.2 Å². The highest BCUT2D eigenvalue weighted by Gasteiger charge is 2.41. The Balaban J connectivity index is 1.88. The van der Waals surface area contributed by atoms with E-state index in [4.69, 9.17) is 4.52 Å². The van der Waals surface area contributed by atoms with E-state index in [2.05, 4.69) is 20.1 Å². The maximum Gasteiger partial charge on any atom is 0.307 e. The smallest absolute Gasteiger partial charge is 0.307 e. The summed E-state index contributed by atoms with van der Waals surface area (Å²) in [4.78, 5) is 23.6. The molecule has 7 heteroatoms. The van der Waals surface area contributed by atoms with E-state index in [9.17, 15) is 9.90 Å². The van der Waals surface area contributed by atoms with Crippen molar-refractivity contribution in [2.24, 2.45) is 11.8 Å². The molecule has 0 bridgehead atoms. The fraction of sp³-hybridized carbons (Fsp3) is 0.462. The normalized spacial score (nSPS) is 25.8. The molecule has 1 fully saturated rings. The summed E-state index contributed by atoms with van der Waals surface area (Å²) < 4.78 is 5.24. The average molecular weight is 274 g/mol. The number of nitrogens with zero attached hydrogens (tertiary/aromatic N) is 4. The standard InChI is InChI=1S/C13H14N4O3/c1-7-4-8(9(5-7)13(18)19)12-16-11(17-20-12)10-6-14-2-3-15-10/h2-3,6-9H,4-5H2,1H3,(H,18,19). The third-order valence-electron chi connectivity index (χ3n) is 3.67. The molecule has 104 valence electrons. The van der Waals surface area contributed by atoms with Gasteiger partial charge in [-0.1, -0.05) is 12.1 Å². The van der Waals surface area contributed by atoms with E-state index < -0.39 is 11.9 Å². The number of carbonyl (C=O) groups is 1. The van der Waals surface area contributed by atoms with Crippen molar-refractivity contribution in [3.05, 3.63) is 24.5 Å². The molecule has 1 N–H and O–H groups in total. The Hall–Kier alpha value is -2.31. The Morgan fingerprint density at radius 2 is 2.25 bits per heavy atom. The predicted octanol–water partition coefficient (Wildman–Crippen LogP) is 1.74. The highest BCUT2D eigenvalue weighted by molar-refractivity contribution is 5.71. The minimum Gasteiger partial charge on any atom is -0.481 e. The largest absolute Gasteiger partial charge is 0.481 e. The molecule has 0 radical (unpaired) electrons. The van der Waals surface area contributed by atoms with E-state index in [-0.39, 0.29) is 5.92 Å². The Morgan fingerprint density at radius 1 is 1.40 bits per heavy atom. The van der Waals surface area contributed by atoms with Crippen molar-refractivity contribution in [3.8, 4) is 11.5 Å². The molecule has 2 aromatic heterocycles. The van der Waals surface area contributed by atoms with Gasteiger partial charge in [-0.3, -0.25) is 9.78 Å². The molecule has 0 saturated heterocycles. The highest BCUT2D eigenvalue weighted by Crippen LogP contribution is 2.42. The highest BCUT2D eigenvalue weighted by atomic mass is 16.5. The van der Waals surface area contributed by atoms with Crippen LogP contribution in [0.4, 0.5) is 0 Å². The number of rotatable bonds is 3. The summed E-state index contributed by atoms with van der Waals surface area (Å²) in [6.45, 7) is 2.04. The summed E-state index contributed by atoms with van der Waals surface area (Å²) in [7, 11) is 0. The molecule has 1 aliphatic carbocycles. The fourth-order valence-corrected chi connectivity index (χ4v) is 2.74. The topological polar surface area (TPSA) is 102 Å². The summed E-state index contributed by atoms with van der Waals surface area (Å²) >= 11 is 0. The van der Waals surface area contributed by atoms with Crippen molar-refractivity contribution in [3.63, 3.8) is 0 Å². The molecule has 0 spiro atoms. The first-order valence-corrected chi connectivity index (χ1v) is 6.48. The van der Waals surface area contributed by atoms with Gasteiger partial charge in [0.2, 0.25) is 11.7 Å². The van der Waals surface area contributed by atoms with Gasteiger partial charge in [-0.2, -0.15) is 4.98 Å². The summed E-state index contributed by atoms with van der Waals surface area (Å²) in [6, 6.07) is 0. The maximum atomic E-state index is 11.3. The van der Waals surface area contributed by atoms with Crippen LogP contribution >= 0.6 is 0 Å². The van der Waals surface area contributed by atoms with Crippen LogP contribution in [0.2, 0.25) is 0 Å². The van der Waals surface area contributed by atoms with E-state index in [0.29, 0.717) is 29.7 Å². The summed E-state index contributed by atoms with van der Waals surface area (Å²) in [5.41, 5.74) is 0.514. The zero-order valence-corrected chi connectivity index (χ0v) is 10.9. The number of hydrogen-bond donors (Lipinski definition) is 1. The zero-order chi connectivity index (χ0) is 14.1. The van der Waals surface area contributed by atoms with Crippen molar-refractivity contribution < 1.29 is 14.4 Å². The molecular weight excluding hydrogens is 260 g/mol. The monoisotopic (exact) mass is 274 g/mol. The van der Waals surface area contributed by atoms with E-state index in [1.54, 1.807) is 18.6 Å². The Labute approximate surface area is 115 Å². The molecule has 3 rings (SSSR count). The molecular formula is C13H14N4O3. The third kappa shape index (κ3) is 2.26. The summed E-state index contributed by atoms with van der Waals surface area (Å²) in [5.74, 6) is -0.425. The van der Waals surface area contributed by atoms with Crippen LogP contribution in [0.15, 0.2) is 23.1 Å². The van der Waals surface area contributed by atoms with Gasteiger partial charge >= 0.3 is 5.97 Å². The van der Waals surface area contributed by atoms with Crippen LogP contribution in [0.5, 0.6) is 0 Å². The lowest BCUT2D eigenvalue weighted by atomic mass is 9.96. The Kier molecular flexibility index (Phi) is 3.17. The van der Waals surface area contributed by atoms with E-state index in [0.717, 1.165) is 6.42 Å². The Bertz CT molecular complexity index is 613. The van der Waals surface area contributed by atoms with Crippen LogP contribution in [0.25, 0.3) is 11.5 Å². The first-order chi connectivity index (χ1) is 9.65. The molecule has 0 amide bonds. The van der Waals surface area contributed by atoms with Gasteiger partial charge in [0.1, 0.15) is 5.69 Å². The second-order valence-electron chi connectivity index (χ2n) is 5.17. The molecule has 1 saturated carbocycles. The molecule has 3 atom stereocenters. The number of carboxylic acids is 1. The SMILES string of the molecule is CC1CC(C(=O)O)C(c2nc(-c3cnccn3)no2)C1. The van der Waals surface area contributed by atoms with Gasteiger partial charge in [0.25, 0.3) is 0 Å². The quantitative estimate of drug-likeness (QED) is 0.909. The minimum absolute atomic E-state index is 0.222. The van der Waals surface area contributed by atoms with Gasteiger partial charge in [-0.25, -0.2) is 4.98 Å². The number of carboxylic acid groups (broad SMARTS) is 1. The van der Waals surface area contributed by atoms with Gasteiger partial charge in [0, 0.05) is 12.4 Å². The second kappa shape index (κ2) is 4.99.